The van der Waals surface area contributed by atoms with E-state index in [9.17, 15) is 9.59 Å². The molecule has 1 fully saturated rings. The Morgan fingerprint density at radius 1 is 1.24 bits per heavy atom. The quantitative estimate of drug-likeness (QED) is 0.834. The van der Waals surface area contributed by atoms with Gasteiger partial charge in [0, 0.05) is 6.04 Å². The van der Waals surface area contributed by atoms with Crippen LogP contribution in [-0.4, -0.2) is 29.6 Å². The molecule has 5 heteroatoms. The first-order valence-corrected chi connectivity index (χ1v) is 7.32. The van der Waals surface area contributed by atoms with Gasteiger partial charge in [-0.1, -0.05) is 19.8 Å². The van der Waals surface area contributed by atoms with Crippen molar-refractivity contribution in [1.29, 1.82) is 0 Å². The first kappa shape index (κ1) is 15.4. The summed E-state index contributed by atoms with van der Waals surface area (Å²) < 4.78 is 4.97. The maximum Gasteiger partial charge on any atom is 0.338 e. The van der Waals surface area contributed by atoms with Crippen LogP contribution in [0.1, 0.15) is 43.0 Å². The van der Waals surface area contributed by atoms with E-state index in [0.717, 1.165) is 19.3 Å². The van der Waals surface area contributed by atoms with Crippen LogP contribution < -0.4 is 5.32 Å². The highest BCUT2D eigenvalue weighted by atomic mass is 16.5. The lowest BCUT2D eigenvalue weighted by atomic mass is 9.86. The number of benzene rings is 1. The van der Waals surface area contributed by atoms with Gasteiger partial charge < -0.3 is 15.2 Å². The van der Waals surface area contributed by atoms with Gasteiger partial charge in [-0.05, 0) is 43.0 Å². The minimum Gasteiger partial charge on any atom is -0.508 e. The lowest BCUT2D eigenvalue weighted by molar-refractivity contribution is -0.125. The van der Waals surface area contributed by atoms with Crippen molar-refractivity contribution in [3.8, 4) is 5.75 Å². The van der Waals surface area contributed by atoms with Gasteiger partial charge in [0.05, 0.1) is 5.56 Å². The summed E-state index contributed by atoms with van der Waals surface area (Å²) >= 11 is 0. The minimum atomic E-state index is -0.568. The third-order valence-corrected chi connectivity index (χ3v) is 3.90. The molecular weight excluding hydrogens is 270 g/mol. The Kier molecular flexibility index (Phi) is 5.20. The first-order valence-electron chi connectivity index (χ1n) is 7.32. The molecule has 0 radical (unpaired) electrons. The van der Waals surface area contributed by atoms with Gasteiger partial charge in [0.15, 0.2) is 6.61 Å². The molecular formula is C16H21NO4. The van der Waals surface area contributed by atoms with Crippen molar-refractivity contribution in [3.05, 3.63) is 29.8 Å². The van der Waals surface area contributed by atoms with Crippen molar-refractivity contribution in [2.45, 2.75) is 38.6 Å². The fourth-order valence-electron chi connectivity index (χ4n) is 2.59. The fourth-order valence-corrected chi connectivity index (χ4v) is 2.59. The van der Waals surface area contributed by atoms with Gasteiger partial charge in [-0.3, -0.25) is 4.79 Å². The normalized spacial score (nSPS) is 21.6. The molecule has 1 amide bonds. The van der Waals surface area contributed by atoms with Gasteiger partial charge in [-0.15, -0.1) is 0 Å². The lowest BCUT2D eigenvalue weighted by Gasteiger charge is -2.29. The number of hydrogen-bond donors (Lipinski definition) is 2. The third kappa shape index (κ3) is 4.48. The Balaban J connectivity index is 1.78. The zero-order chi connectivity index (χ0) is 15.2. The molecule has 2 atom stereocenters. The molecule has 5 nitrogen and oxygen atoms in total. The topological polar surface area (TPSA) is 75.6 Å². The second-order valence-electron chi connectivity index (χ2n) is 5.56. The van der Waals surface area contributed by atoms with Crippen molar-refractivity contribution in [2.24, 2.45) is 5.92 Å². The minimum absolute atomic E-state index is 0.0792. The van der Waals surface area contributed by atoms with Crippen molar-refractivity contribution >= 4 is 11.9 Å². The first-order chi connectivity index (χ1) is 10.1. The Bertz CT molecular complexity index is 498. The predicted molar refractivity (Wildman–Crippen MR) is 78.0 cm³/mol. The van der Waals surface area contributed by atoms with Gasteiger partial charge in [-0.25, -0.2) is 4.79 Å². The number of hydrogen-bond acceptors (Lipinski definition) is 4. The summed E-state index contributed by atoms with van der Waals surface area (Å²) in [7, 11) is 0. The number of ether oxygens (including phenoxy) is 1. The van der Waals surface area contributed by atoms with Gasteiger partial charge in [0.2, 0.25) is 0 Å². The summed E-state index contributed by atoms with van der Waals surface area (Å²) in [6.07, 6.45) is 4.45. The van der Waals surface area contributed by atoms with Crippen molar-refractivity contribution in [1.82, 2.24) is 5.32 Å². The third-order valence-electron chi connectivity index (χ3n) is 3.90. The molecule has 1 aliphatic carbocycles. The van der Waals surface area contributed by atoms with Crippen molar-refractivity contribution in [2.75, 3.05) is 6.61 Å². The maximum atomic E-state index is 11.8. The molecule has 0 spiro atoms. The largest absolute Gasteiger partial charge is 0.508 e. The summed E-state index contributed by atoms with van der Waals surface area (Å²) in [5.41, 5.74) is 0.312. The highest BCUT2D eigenvalue weighted by Gasteiger charge is 2.23. The van der Waals surface area contributed by atoms with E-state index in [1.165, 1.54) is 30.7 Å². The Hall–Kier alpha value is -2.04. The fraction of sp³-hybridized carbons (Fsp3) is 0.500. The highest BCUT2D eigenvalue weighted by molar-refractivity contribution is 5.91. The van der Waals surface area contributed by atoms with Gasteiger partial charge >= 0.3 is 5.97 Å². The zero-order valence-corrected chi connectivity index (χ0v) is 12.2. The van der Waals surface area contributed by atoms with E-state index in [0.29, 0.717) is 11.5 Å². The maximum absolute atomic E-state index is 11.8. The Labute approximate surface area is 124 Å². The van der Waals surface area contributed by atoms with Gasteiger partial charge in [0.1, 0.15) is 5.75 Å². The Morgan fingerprint density at radius 2 is 1.90 bits per heavy atom. The summed E-state index contributed by atoms with van der Waals surface area (Å²) in [5.74, 6) is -0.284. The van der Waals surface area contributed by atoms with Crippen LogP contribution in [0, 0.1) is 5.92 Å². The molecule has 1 saturated carbocycles. The van der Waals surface area contributed by atoms with E-state index in [1.54, 1.807) is 0 Å². The molecule has 1 aromatic carbocycles. The van der Waals surface area contributed by atoms with Crippen LogP contribution in [0.4, 0.5) is 0 Å². The molecule has 0 aromatic heterocycles. The Morgan fingerprint density at radius 3 is 2.57 bits per heavy atom. The van der Waals surface area contributed by atoms with Crippen molar-refractivity contribution in [3.63, 3.8) is 0 Å². The molecule has 21 heavy (non-hydrogen) atoms. The summed E-state index contributed by atoms with van der Waals surface area (Å²) in [6, 6.07) is 5.90. The molecule has 0 unspecified atom stereocenters. The van der Waals surface area contributed by atoms with E-state index < -0.39 is 5.97 Å². The van der Waals surface area contributed by atoms with E-state index in [1.807, 2.05) is 0 Å². The summed E-state index contributed by atoms with van der Waals surface area (Å²) in [6.45, 7) is 1.86. The average molecular weight is 291 g/mol. The molecule has 0 bridgehead atoms. The monoisotopic (exact) mass is 291 g/mol. The SMILES string of the molecule is C[C@@H]1CCCC[C@H]1NC(=O)COC(=O)c1ccc(O)cc1. The smallest absolute Gasteiger partial charge is 0.338 e. The van der Waals surface area contributed by atoms with E-state index in [4.69, 9.17) is 9.84 Å². The van der Waals surface area contributed by atoms with Crippen LogP contribution >= 0.6 is 0 Å². The average Bonchev–Trinajstić information content (AvgIpc) is 2.48. The summed E-state index contributed by atoms with van der Waals surface area (Å²) in [5, 5.41) is 12.1. The zero-order valence-electron chi connectivity index (χ0n) is 12.2. The second-order valence-corrected chi connectivity index (χ2v) is 5.56. The molecule has 114 valence electrons. The molecule has 0 aliphatic heterocycles. The van der Waals surface area contributed by atoms with E-state index in [2.05, 4.69) is 12.2 Å². The number of rotatable bonds is 4. The molecule has 1 aliphatic rings. The highest BCUT2D eigenvalue weighted by Crippen LogP contribution is 2.23. The predicted octanol–water partition coefficient (Wildman–Crippen LogP) is 2.24. The van der Waals surface area contributed by atoms with Crippen LogP contribution in [0.25, 0.3) is 0 Å². The number of phenols is 1. The lowest BCUT2D eigenvalue weighted by Crippen LogP contribution is -2.42. The van der Waals surface area contributed by atoms with Crippen LogP contribution in [0.5, 0.6) is 5.75 Å². The molecule has 0 heterocycles. The van der Waals surface area contributed by atoms with Crippen molar-refractivity contribution < 1.29 is 19.4 Å². The van der Waals surface area contributed by atoms with Gasteiger partial charge in [0.25, 0.3) is 5.91 Å². The van der Waals surface area contributed by atoms with E-state index >= 15 is 0 Å². The standard InChI is InChI=1S/C16H21NO4/c1-11-4-2-3-5-14(11)17-15(19)10-21-16(20)12-6-8-13(18)9-7-12/h6-9,11,14,18H,2-5,10H2,1H3,(H,17,19)/t11-,14-/m1/s1. The summed E-state index contributed by atoms with van der Waals surface area (Å²) in [4.78, 5) is 23.6. The van der Waals surface area contributed by atoms with Crippen LogP contribution in [0.2, 0.25) is 0 Å². The van der Waals surface area contributed by atoms with Gasteiger partial charge in [-0.2, -0.15) is 0 Å². The van der Waals surface area contributed by atoms with Crippen LogP contribution in [0.3, 0.4) is 0 Å². The molecule has 1 aromatic rings. The molecule has 2 rings (SSSR count). The number of nitrogens with one attached hydrogen (secondary N) is 1. The number of esters is 1. The molecule has 0 saturated heterocycles. The van der Waals surface area contributed by atoms with E-state index in [-0.39, 0.29) is 24.3 Å². The van der Waals surface area contributed by atoms with Crippen LogP contribution in [0.15, 0.2) is 24.3 Å². The number of amides is 1. The number of phenolic OH excluding ortho intramolecular Hbond substituents is 1. The van der Waals surface area contributed by atoms with Crippen LogP contribution in [-0.2, 0) is 9.53 Å². The number of carbonyl (C=O) groups is 2. The second kappa shape index (κ2) is 7.11. The molecule has 2 N–H and O–H groups in total. The number of aromatic hydroxyl groups is 1. The number of carbonyl (C=O) groups excluding carboxylic acids is 2.